The van der Waals surface area contributed by atoms with E-state index in [1.807, 2.05) is 0 Å². The number of alkyl halides is 3. The SMILES string of the molecule is [2H]C1CN(C(C)(C)C)C([2H])C([2H])N1C(=O)OC(C)C(F)(F)F. The van der Waals surface area contributed by atoms with Crippen LogP contribution in [0.15, 0.2) is 0 Å². The Morgan fingerprint density at radius 2 is 1.84 bits per heavy atom. The van der Waals surface area contributed by atoms with E-state index in [0.29, 0.717) is 11.8 Å². The molecule has 4 atom stereocenters. The quantitative estimate of drug-likeness (QED) is 0.742. The normalized spacial score (nSPS) is 34.2. The molecule has 1 rings (SSSR count). The molecule has 1 heterocycles. The zero-order valence-electron chi connectivity index (χ0n) is 14.4. The molecule has 1 fully saturated rings. The van der Waals surface area contributed by atoms with Gasteiger partial charge in [-0.1, -0.05) is 0 Å². The lowest BCUT2D eigenvalue weighted by molar-refractivity contribution is -0.200. The molecule has 1 aliphatic rings. The van der Waals surface area contributed by atoms with Gasteiger partial charge in [0.25, 0.3) is 0 Å². The fraction of sp³-hybridized carbons (Fsp3) is 0.917. The van der Waals surface area contributed by atoms with Crippen LogP contribution in [0.25, 0.3) is 0 Å². The largest absolute Gasteiger partial charge is 0.437 e. The van der Waals surface area contributed by atoms with Crippen molar-refractivity contribution in [1.82, 2.24) is 9.80 Å². The molecule has 19 heavy (non-hydrogen) atoms. The van der Waals surface area contributed by atoms with E-state index in [4.69, 9.17) is 4.11 Å². The first-order chi connectivity index (χ1) is 9.76. The highest BCUT2D eigenvalue weighted by Crippen LogP contribution is 2.23. The topological polar surface area (TPSA) is 32.8 Å². The molecular weight excluding hydrogens is 261 g/mol. The molecule has 0 aromatic rings. The van der Waals surface area contributed by atoms with Crippen LogP contribution in [0.5, 0.6) is 0 Å². The first-order valence-corrected chi connectivity index (χ1v) is 5.86. The summed E-state index contributed by atoms with van der Waals surface area (Å²) in [6, 6.07) is 0. The maximum atomic E-state index is 12.4. The van der Waals surface area contributed by atoms with Gasteiger partial charge in [-0.25, -0.2) is 4.79 Å². The summed E-state index contributed by atoms with van der Waals surface area (Å²) < 4.78 is 65.4. The van der Waals surface area contributed by atoms with Crippen molar-refractivity contribution in [2.45, 2.75) is 45.5 Å². The second-order valence-electron chi connectivity index (χ2n) is 5.28. The molecule has 0 spiro atoms. The molecule has 7 heteroatoms. The van der Waals surface area contributed by atoms with Gasteiger partial charge < -0.3 is 9.64 Å². The Labute approximate surface area is 115 Å². The molecule has 0 aromatic carbocycles. The van der Waals surface area contributed by atoms with Crippen LogP contribution in [0.2, 0.25) is 0 Å². The van der Waals surface area contributed by atoms with Crippen molar-refractivity contribution < 1.29 is 26.8 Å². The first-order valence-electron chi connectivity index (χ1n) is 7.59. The van der Waals surface area contributed by atoms with Crippen molar-refractivity contribution in [1.29, 1.82) is 0 Å². The van der Waals surface area contributed by atoms with Crippen LogP contribution >= 0.6 is 0 Å². The molecule has 1 saturated heterocycles. The summed E-state index contributed by atoms with van der Waals surface area (Å²) in [4.78, 5) is 14.0. The lowest BCUT2D eigenvalue weighted by Crippen LogP contribution is -2.55. The summed E-state index contributed by atoms with van der Waals surface area (Å²) in [5.74, 6) is 0. The van der Waals surface area contributed by atoms with Crippen LogP contribution in [0.4, 0.5) is 18.0 Å². The number of ether oxygens (including phenoxy) is 1. The van der Waals surface area contributed by atoms with Gasteiger partial charge in [0.05, 0.1) is 2.74 Å². The number of carbonyl (C=O) groups excluding carboxylic acids is 1. The molecule has 0 aromatic heterocycles. The Hall–Kier alpha value is -0.980. The van der Waals surface area contributed by atoms with Gasteiger partial charge in [0.15, 0.2) is 6.10 Å². The van der Waals surface area contributed by atoms with Crippen molar-refractivity contribution in [3.8, 4) is 0 Å². The van der Waals surface area contributed by atoms with Crippen molar-refractivity contribution in [3.05, 3.63) is 0 Å². The third-order valence-electron chi connectivity index (χ3n) is 2.69. The van der Waals surface area contributed by atoms with Crippen molar-refractivity contribution in [2.75, 3.05) is 26.1 Å². The molecule has 1 amide bonds. The Balaban J connectivity index is 2.87. The number of nitrogens with zero attached hydrogens (tertiary/aromatic N) is 2. The molecule has 1 aliphatic heterocycles. The maximum absolute atomic E-state index is 12.4. The van der Waals surface area contributed by atoms with Crippen molar-refractivity contribution in [3.63, 3.8) is 0 Å². The molecule has 0 aliphatic carbocycles. The van der Waals surface area contributed by atoms with Crippen molar-refractivity contribution in [2.24, 2.45) is 0 Å². The highest BCUT2D eigenvalue weighted by Gasteiger charge is 2.40. The van der Waals surface area contributed by atoms with Crippen LogP contribution in [-0.2, 0) is 4.74 Å². The van der Waals surface area contributed by atoms with Crippen LogP contribution in [0, 0.1) is 0 Å². The van der Waals surface area contributed by atoms with Gasteiger partial charge in [0, 0.05) is 33.0 Å². The minimum Gasteiger partial charge on any atom is -0.437 e. The number of hydrogen-bond acceptors (Lipinski definition) is 3. The van der Waals surface area contributed by atoms with Crippen LogP contribution < -0.4 is 0 Å². The third kappa shape index (κ3) is 4.56. The van der Waals surface area contributed by atoms with E-state index < -0.39 is 43.5 Å². The zero-order chi connectivity index (χ0) is 17.5. The van der Waals surface area contributed by atoms with E-state index in [-0.39, 0.29) is 6.54 Å². The van der Waals surface area contributed by atoms with Gasteiger partial charge in [0.1, 0.15) is 0 Å². The summed E-state index contributed by atoms with van der Waals surface area (Å²) in [6.45, 7) is 2.10. The van der Waals surface area contributed by atoms with Gasteiger partial charge >= 0.3 is 12.3 Å². The number of rotatable bonds is 1. The fourth-order valence-electron chi connectivity index (χ4n) is 1.36. The van der Waals surface area contributed by atoms with Gasteiger partial charge in [0.2, 0.25) is 0 Å². The molecule has 0 saturated carbocycles. The smallest absolute Gasteiger partial charge is 0.425 e. The highest BCUT2D eigenvalue weighted by molar-refractivity contribution is 5.68. The van der Waals surface area contributed by atoms with E-state index in [9.17, 15) is 18.0 Å². The summed E-state index contributed by atoms with van der Waals surface area (Å²) >= 11 is 0. The molecule has 4 unspecified atom stereocenters. The van der Waals surface area contributed by atoms with Crippen LogP contribution in [-0.4, -0.2) is 59.8 Å². The van der Waals surface area contributed by atoms with E-state index in [1.54, 1.807) is 25.7 Å². The number of halogens is 3. The van der Waals surface area contributed by atoms with E-state index in [0.717, 1.165) is 0 Å². The molecule has 112 valence electrons. The lowest BCUT2D eigenvalue weighted by atomic mass is 10.1. The zero-order valence-corrected chi connectivity index (χ0v) is 11.4. The van der Waals surface area contributed by atoms with Crippen LogP contribution in [0.1, 0.15) is 31.8 Å². The Bertz CT molecular complexity index is 417. The van der Waals surface area contributed by atoms with Crippen molar-refractivity contribution >= 4 is 6.09 Å². The predicted octanol–water partition coefficient (Wildman–Crippen LogP) is 2.49. The van der Waals surface area contributed by atoms with E-state index in [2.05, 4.69) is 4.74 Å². The second kappa shape index (κ2) is 5.56. The summed E-state index contributed by atoms with van der Waals surface area (Å²) in [6.07, 6.45) is -8.43. The van der Waals surface area contributed by atoms with Gasteiger partial charge in [-0.3, -0.25) is 4.90 Å². The number of carbonyl (C=O) groups is 1. The molecule has 0 radical (unpaired) electrons. The number of piperazine rings is 1. The fourth-order valence-corrected chi connectivity index (χ4v) is 1.36. The summed E-state index contributed by atoms with van der Waals surface area (Å²) in [5, 5.41) is 0. The number of amides is 1. The molecular formula is C12H21F3N2O2. The Morgan fingerprint density at radius 1 is 1.26 bits per heavy atom. The Kier molecular flexibility index (Phi) is 3.46. The second-order valence-corrected chi connectivity index (χ2v) is 5.28. The summed E-state index contributed by atoms with van der Waals surface area (Å²) in [5.41, 5.74) is -0.500. The molecule has 0 N–H and O–H groups in total. The average Bonchev–Trinajstić information content (AvgIpc) is 2.31. The summed E-state index contributed by atoms with van der Waals surface area (Å²) in [7, 11) is 0. The van der Waals surface area contributed by atoms with E-state index in [1.165, 1.54) is 0 Å². The monoisotopic (exact) mass is 285 g/mol. The predicted molar refractivity (Wildman–Crippen MR) is 64.9 cm³/mol. The lowest BCUT2D eigenvalue weighted by Gasteiger charge is -2.42. The standard InChI is InChI=1S/C12H21F3N2O2/c1-9(12(13,14)15)19-10(18)16-5-7-17(8-6-16)11(2,3)4/h9H,5-8H2,1-4H3/i5D,6D,7D. The van der Waals surface area contributed by atoms with Gasteiger partial charge in [-0.2, -0.15) is 13.2 Å². The average molecular weight is 285 g/mol. The highest BCUT2D eigenvalue weighted by atomic mass is 19.4. The third-order valence-corrected chi connectivity index (χ3v) is 2.69. The maximum Gasteiger partial charge on any atom is 0.425 e. The Morgan fingerprint density at radius 3 is 2.32 bits per heavy atom. The van der Waals surface area contributed by atoms with E-state index >= 15 is 0 Å². The first kappa shape index (κ1) is 11.8. The minimum absolute atomic E-state index is 0.0391. The molecule has 4 nitrogen and oxygen atoms in total. The minimum atomic E-state index is -4.71. The van der Waals surface area contributed by atoms with Gasteiger partial charge in [-0.15, -0.1) is 0 Å². The van der Waals surface area contributed by atoms with Gasteiger partial charge in [-0.05, 0) is 27.7 Å². The molecule has 0 bridgehead atoms. The number of hydrogen-bond donors (Lipinski definition) is 0. The van der Waals surface area contributed by atoms with Crippen LogP contribution in [0.3, 0.4) is 0 Å².